The average Bonchev–Trinajstić information content (AvgIpc) is 2.18. The normalized spacial score (nSPS) is 11.7. The van der Waals surface area contributed by atoms with Crippen LogP contribution in [-0.4, -0.2) is 7.11 Å². The highest BCUT2D eigenvalue weighted by atomic mass is 16.5. The van der Waals surface area contributed by atoms with Gasteiger partial charge in [0.05, 0.1) is 7.11 Å². The number of hydrogen-bond donors (Lipinski definition) is 0. The van der Waals surface area contributed by atoms with Gasteiger partial charge in [-0.15, -0.1) is 0 Å². The van der Waals surface area contributed by atoms with Crippen LogP contribution in [0.15, 0.2) is 6.07 Å². The fraction of sp³-hybridized carbons (Fsp3) is 0.600. The number of hydrogen-bond acceptors (Lipinski definition) is 1. The molecular formula is C15H24O. The third-order valence-electron chi connectivity index (χ3n) is 3.22. The first-order chi connectivity index (χ1) is 7.32. The Morgan fingerprint density at radius 1 is 1.19 bits per heavy atom. The van der Waals surface area contributed by atoms with E-state index in [0.717, 1.165) is 12.2 Å². The van der Waals surface area contributed by atoms with E-state index in [2.05, 4.69) is 47.6 Å². The summed E-state index contributed by atoms with van der Waals surface area (Å²) in [5.74, 6) is 1.06. The second kappa shape index (κ2) is 4.48. The minimum Gasteiger partial charge on any atom is -0.496 e. The zero-order valence-electron chi connectivity index (χ0n) is 11.7. The monoisotopic (exact) mass is 220 g/mol. The average molecular weight is 220 g/mol. The van der Waals surface area contributed by atoms with Crippen LogP contribution >= 0.6 is 0 Å². The molecule has 1 aromatic carbocycles. The molecule has 0 aliphatic carbocycles. The van der Waals surface area contributed by atoms with Crippen molar-refractivity contribution in [1.29, 1.82) is 0 Å². The molecule has 0 atom stereocenters. The van der Waals surface area contributed by atoms with Crippen LogP contribution in [0.4, 0.5) is 0 Å². The summed E-state index contributed by atoms with van der Waals surface area (Å²) < 4.78 is 5.52. The number of ether oxygens (including phenoxy) is 1. The summed E-state index contributed by atoms with van der Waals surface area (Å²) >= 11 is 0. The Labute approximate surface area is 99.8 Å². The van der Waals surface area contributed by atoms with Crippen LogP contribution in [0.1, 0.15) is 49.9 Å². The molecule has 0 saturated heterocycles. The van der Waals surface area contributed by atoms with Gasteiger partial charge in [0.25, 0.3) is 0 Å². The molecule has 0 spiro atoms. The van der Waals surface area contributed by atoms with Gasteiger partial charge in [0.1, 0.15) is 5.75 Å². The summed E-state index contributed by atoms with van der Waals surface area (Å²) in [7, 11) is 1.76. The maximum atomic E-state index is 5.52. The quantitative estimate of drug-likeness (QED) is 0.726. The minimum absolute atomic E-state index is 0.199. The lowest BCUT2D eigenvalue weighted by Crippen LogP contribution is -2.15. The van der Waals surface area contributed by atoms with Crippen LogP contribution in [0.5, 0.6) is 5.75 Å². The van der Waals surface area contributed by atoms with E-state index in [4.69, 9.17) is 4.74 Å². The van der Waals surface area contributed by atoms with Crippen LogP contribution in [0.2, 0.25) is 0 Å². The van der Waals surface area contributed by atoms with Crippen LogP contribution in [0, 0.1) is 13.8 Å². The Balaban J connectivity index is 3.53. The number of aryl methyl sites for hydroxylation is 1. The molecule has 0 radical (unpaired) electrons. The van der Waals surface area contributed by atoms with E-state index >= 15 is 0 Å². The molecule has 0 bridgehead atoms. The van der Waals surface area contributed by atoms with Gasteiger partial charge in [-0.3, -0.25) is 0 Å². The van der Waals surface area contributed by atoms with Crippen LogP contribution in [-0.2, 0) is 11.8 Å². The van der Waals surface area contributed by atoms with Crippen molar-refractivity contribution in [2.24, 2.45) is 0 Å². The standard InChI is InChI=1S/C15H24O/c1-8-12-11(3)13(15(4,5)6)9-10(2)14(12)16-7/h9H,8H2,1-7H3. The zero-order chi connectivity index (χ0) is 12.5. The molecule has 1 aromatic rings. The fourth-order valence-corrected chi connectivity index (χ4v) is 2.45. The fourth-order valence-electron chi connectivity index (χ4n) is 2.45. The summed E-state index contributed by atoms with van der Waals surface area (Å²) in [6, 6.07) is 2.27. The van der Waals surface area contributed by atoms with E-state index in [1.807, 2.05) is 0 Å². The van der Waals surface area contributed by atoms with E-state index in [0.29, 0.717) is 0 Å². The summed E-state index contributed by atoms with van der Waals surface area (Å²) in [6.45, 7) is 13.3. The molecule has 90 valence electrons. The van der Waals surface area contributed by atoms with Crippen molar-refractivity contribution < 1.29 is 4.74 Å². The first-order valence-corrected chi connectivity index (χ1v) is 6.00. The Morgan fingerprint density at radius 2 is 1.75 bits per heavy atom. The molecule has 1 heteroatoms. The van der Waals surface area contributed by atoms with Crippen LogP contribution < -0.4 is 4.74 Å². The first-order valence-electron chi connectivity index (χ1n) is 6.00. The largest absolute Gasteiger partial charge is 0.496 e. The zero-order valence-corrected chi connectivity index (χ0v) is 11.7. The molecule has 0 aromatic heterocycles. The van der Waals surface area contributed by atoms with Gasteiger partial charge >= 0.3 is 0 Å². The summed E-state index contributed by atoms with van der Waals surface area (Å²) in [4.78, 5) is 0. The highest BCUT2D eigenvalue weighted by Crippen LogP contribution is 2.35. The van der Waals surface area contributed by atoms with E-state index < -0.39 is 0 Å². The number of rotatable bonds is 2. The maximum absolute atomic E-state index is 5.52. The molecule has 0 aliphatic rings. The summed E-state index contributed by atoms with van der Waals surface area (Å²) in [5, 5.41) is 0. The Bertz CT molecular complexity index is 383. The molecule has 0 fully saturated rings. The molecular weight excluding hydrogens is 196 g/mol. The lowest BCUT2D eigenvalue weighted by molar-refractivity contribution is 0.405. The second-order valence-corrected chi connectivity index (χ2v) is 5.48. The van der Waals surface area contributed by atoms with Crippen molar-refractivity contribution in [1.82, 2.24) is 0 Å². The topological polar surface area (TPSA) is 9.23 Å². The molecule has 0 unspecified atom stereocenters. The molecule has 0 amide bonds. The summed E-state index contributed by atoms with van der Waals surface area (Å²) in [5.41, 5.74) is 5.62. The van der Waals surface area contributed by atoms with Gasteiger partial charge < -0.3 is 4.74 Å². The van der Waals surface area contributed by atoms with Gasteiger partial charge in [0, 0.05) is 0 Å². The van der Waals surface area contributed by atoms with Gasteiger partial charge in [-0.25, -0.2) is 0 Å². The van der Waals surface area contributed by atoms with Crippen molar-refractivity contribution in [2.45, 2.75) is 53.4 Å². The number of benzene rings is 1. The van der Waals surface area contributed by atoms with Crippen molar-refractivity contribution in [3.05, 3.63) is 28.3 Å². The smallest absolute Gasteiger partial charge is 0.125 e. The van der Waals surface area contributed by atoms with Gasteiger partial charge in [-0.2, -0.15) is 0 Å². The number of methoxy groups -OCH3 is 1. The molecule has 16 heavy (non-hydrogen) atoms. The summed E-state index contributed by atoms with van der Waals surface area (Å²) in [6.07, 6.45) is 1.03. The van der Waals surface area contributed by atoms with Crippen molar-refractivity contribution >= 4 is 0 Å². The van der Waals surface area contributed by atoms with Gasteiger partial charge in [-0.1, -0.05) is 33.8 Å². The predicted octanol–water partition coefficient (Wildman–Crippen LogP) is 4.17. The third-order valence-corrected chi connectivity index (χ3v) is 3.22. The molecule has 0 aliphatic heterocycles. The molecule has 1 rings (SSSR count). The van der Waals surface area contributed by atoms with Gasteiger partial charge in [0.15, 0.2) is 0 Å². The second-order valence-electron chi connectivity index (χ2n) is 5.48. The molecule has 1 nitrogen and oxygen atoms in total. The Morgan fingerprint density at radius 3 is 2.12 bits per heavy atom. The van der Waals surface area contributed by atoms with Crippen molar-refractivity contribution in [3.8, 4) is 5.75 Å². The Hall–Kier alpha value is -0.980. The minimum atomic E-state index is 0.199. The van der Waals surface area contributed by atoms with E-state index in [1.54, 1.807) is 7.11 Å². The van der Waals surface area contributed by atoms with Gasteiger partial charge in [-0.05, 0) is 47.9 Å². The lowest BCUT2D eigenvalue weighted by Gasteiger charge is -2.26. The lowest BCUT2D eigenvalue weighted by atomic mass is 9.81. The highest BCUT2D eigenvalue weighted by molar-refractivity contribution is 5.51. The SMILES string of the molecule is CCc1c(C)c(C(C)(C)C)cc(C)c1OC. The van der Waals surface area contributed by atoms with Crippen LogP contribution in [0.3, 0.4) is 0 Å². The van der Waals surface area contributed by atoms with Crippen molar-refractivity contribution in [2.75, 3.05) is 7.11 Å². The highest BCUT2D eigenvalue weighted by Gasteiger charge is 2.21. The predicted molar refractivity (Wildman–Crippen MR) is 70.5 cm³/mol. The maximum Gasteiger partial charge on any atom is 0.125 e. The molecule has 0 saturated carbocycles. The molecule has 0 heterocycles. The van der Waals surface area contributed by atoms with E-state index in [9.17, 15) is 0 Å². The third kappa shape index (κ3) is 2.23. The first kappa shape index (κ1) is 13.1. The van der Waals surface area contributed by atoms with Crippen LogP contribution in [0.25, 0.3) is 0 Å². The van der Waals surface area contributed by atoms with E-state index in [-0.39, 0.29) is 5.41 Å². The Kier molecular flexibility index (Phi) is 3.67. The van der Waals surface area contributed by atoms with E-state index in [1.165, 1.54) is 22.3 Å². The van der Waals surface area contributed by atoms with Gasteiger partial charge in [0.2, 0.25) is 0 Å². The molecule has 0 N–H and O–H groups in total. The van der Waals surface area contributed by atoms with Crippen molar-refractivity contribution in [3.63, 3.8) is 0 Å².